The zero-order valence-electron chi connectivity index (χ0n) is 17.0. The van der Waals surface area contributed by atoms with Crippen LogP contribution in [0.15, 0.2) is 27.8 Å². The molecule has 27 heavy (non-hydrogen) atoms. The number of hydrogen-bond acceptors (Lipinski definition) is 4. The smallest absolute Gasteiger partial charge is 0.407 e. The minimum atomic E-state index is -0.463. The lowest BCUT2D eigenvalue weighted by molar-refractivity contribution is 0.0490. The van der Waals surface area contributed by atoms with Gasteiger partial charge < -0.3 is 25.1 Å². The van der Waals surface area contributed by atoms with Gasteiger partial charge in [0.05, 0.1) is 6.26 Å². The number of rotatable bonds is 6. The quantitative estimate of drug-likeness (QED) is 0.523. The number of guanidine groups is 1. The molecule has 1 amide bonds. The van der Waals surface area contributed by atoms with Crippen LogP contribution < -0.4 is 16.0 Å². The van der Waals surface area contributed by atoms with Crippen molar-refractivity contribution in [3.8, 4) is 0 Å². The minimum absolute atomic E-state index is 0.177. The predicted octanol–water partition coefficient (Wildman–Crippen LogP) is 3.21. The van der Waals surface area contributed by atoms with Gasteiger partial charge in [-0.25, -0.2) is 4.79 Å². The Morgan fingerprint density at radius 2 is 1.89 bits per heavy atom. The summed E-state index contributed by atoms with van der Waals surface area (Å²) in [5.41, 5.74) is -0.463. The molecule has 7 nitrogen and oxygen atoms in total. The van der Waals surface area contributed by atoms with Gasteiger partial charge in [-0.05, 0) is 65.5 Å². The van der Waals surface area contributed by atoms with E-state index in [0.717, 1.165) is 50.4 Å². The van der Waals surface area contributed by atoms with Crippen LogP contribution in [0, 0.1) is 0 Å². The molecule has 1 aromatic heterocycles. The molecule has 0 spiro atoms. The van der Waals surface area contributed by atoms with Crippen molar-refractivity contribution in [2.45, 2.75) is 77.5 Å². The van der Waals surface area contributed by atoms with Gasteiger partial charge in [0, 0.05) is 31.6 Å². The summed E-state index contributed by atoms with van der Waals surface area (Å²) in [4.78, 5) is 16.5. The number of ether oxygens (including phenoxy) is 1. The summed E-state index contributed by atoms with van der Waals surface area (Å²) < 4.78 is 10.7. The molecule has 0 aromatic carbocycles. The van der Waals surface area contributed by atoms with Gasteiger partial charge in [-0.2, -0.15) is 0 Å². The van der Waals surface area contributed by atoms with Crippen molar-refractivity contribution in [1.29, 1.82) is 0 Å². The second kappa shape index (κ2) is 10.2. The van der Waals surface area contributed by atoms with Gasteiger partial charge in [-0.1, -0.05) is 0 Å². The number of nitrogens with zero attached hydrogens (tertiary/aromatic N) is 1. The van der Waals surface area contributed by atoms with E-state index in [9.17, 15) is 4.79 Å². The molecule has 7 heteroatoms. The molecular formula is C20H34N4O3. The lowest BCUT2D eigenvalue weighted by atomic mass is 9.91. The average molecular weight is 379 g/mol. The first-order valence-corrected chi connectivity index (χ1v) is 9.92. The number of carbonyl (C=O) groups excluding carboxylic acids is 1. The first-order valence-electron chi connectivity index (χ1n) is 9.92. The Morgan fingerprint density at radius 1 is 1.22 bits per heavy atom. The number of carbonyl (C=O) groups is 1. The van der Waals surface area contributed by atoms with Crippen LogP contribution in [-0.2, 0) is 11.2 Å². The maximum Gasteiger partial charge on any atom is 0.407 e. The van der Waals surface area contributed by atoms with Gasteiger partial charge in [0.2, 0.25) is 0 Å². The summed E-state index contributed by atoms with van der Waals surface area (Å²) >= 11 is 0. The summed E-state index contributed by atoms with van der Waals surface area (Å²) in [5.74, 6) is 1.79. The number of hydrogen-bond donors (Lipinski definition) is 3. The molecule has 152 valence electrons. The lowest BCUT2D eigenvalue weighted by Crippen LogP contribution is -2.48. The molecule has 1 aromatic rings. The Balaban J connectivity index is 1.73. The molecular weight excluding hydrogens is 344 g/mol. The third-order valence-electron chi connectivity index (χ3n) is 4.34. The topological polar surface area (TPSA) is 87.9 Å². The third-order valence-corrected chi connectivity index (χ3v) is 4.34. The molecule has 1 heterocycles. The van der Waals surface area contributed by atoms with Crippen LogP contribution in [0.25, 0.3) is 0 Å². The zero-order chi connectivity index (χ0) is 19.7. The molecule has 0 atom stereocenters. The Morgan fingerprint density at radius 3 is 2.44 bits per heavy atom. The largest absolute Gasteiger partial charge is 0.469 e. The molecule has 0 bridgehead atoms. The van der Waals surface area contributed by atoms with E-state index in [1.54, 1.807) is 6.26 Å². The van der Waals surface area contributed by atoms with Crippen molar-refractivity contribution in [3.63, 3.8) is 0 Å². The van der Waals surface area contributed by atoms with Crippen molar-refractivity contribution in [3.05, 3.63) is 24.2 Å². The van der Waals surface area contributed by atoms with Crippen LogP contribution in [0.5, 0.6) is 0 Å². The van der Waals surface area contributed by atoms with Crippen LogP contribution in [0.4, 0.5) is 4.79 Å². The minimum Gasteiger partial charge on any atom is -0.469 e. The number of aliphatic imine (C=N–C) groups is 1. The maximum absolute atomic E-state index is 11.9. The number of furan rings is 1. The van der Waals surface area contributed by atoms with Crippen molar-refractivity contribution < 1.29 is 13.9 Å². The van der Waals surface area contributed by atoms with Gasteiger partial charge >= 0.3 is 6.09 Å². The molecule has 0 aliphatic heterocycles. The summed E-state index contributed by atoms with van der Waals surface area (Å²) in [7, 11) is 0. The maximum atomic E-state index is 11.9. The van der Waals surface area contributed by atoms with Gasteiger partial charge in [0.25, 0.3) is 0 Å². The Bertz CT molecular complexity index is 585. The third kappa shape index (κ3) is 8.37. The molecule has 1 saturated carbocycles. The van der Waals surface area contributed by atoms with Crippen molar-refractivity contribution in [2.24, 2.45) is 4.99 Å². The van der Waals surface area contributed by atoms with E-state index in [1.165, 1.54) is 0 Å². The van der Waals surface area contributed by atoms with Crippen molar-refractivity contribution in [1.82, 2.24) is 16.0 Å². The van der Waals surface area contributed by atoms with E-state index in [-0.39, 0.29) is 12.1 Å². The highest BCUT2D eigenvalue weighted by atomic mass is 16.6. The molecule has 1 aliphatic carbocycles. The summed E-state index contributed by atoms with van der Waals surface area (Å²) in [6.45, 7) is 9.19. The highest BCUT2D eigenvalue weighted by Crippen LogP contribution is 2.19. The fourth-order valence-corrected chi connectivity index (χ4v) is 3.10. The molecule has 2 rings (SSSR count). The van der Waals surface area contributed by atoms with E-state index >= 15 is 0 Å². The summed E-state index contributed by atoms with van der Waals surface area (Å²) in [5, 5.41) is 9.79. The van der Waals surface area contributed by atoms with Crippen LogP contribution in [-0.4, -0.2) is 42.8 Å². The average Bonchev–Trinajstić information content (AvgIpc) is 3.08. The molecule has 0 radical (unpaired) electrons. The van der Waals surface area contributed by atoms with E-state index < -0.39 is 5.60 Å². The highest BCUT2D eigenvalue weighted by Gasteiger charge is 2.25. The van der Waals surface area contributed by atoms with E-state index in [1.807, 2.05) is 32.9 Å². The number of nitrogens with one attached hydrogen (secondary N) is 3. The van der Waals surface area contributed by atoms with Crippen LogP contribution in [0.1, 0.15) is 59.1 Å². The normalized spacial score (nSPS) is 20.8. The predicted molar refractivity (Wildman–Crippen MR) is 107 cm³/mol. The first kappa shape index (κ1) is 21.1. The molecule has 0 saturated heterocycles. The fourth-order valence-electron chi connectivity index (χ4n) is 3.10. The zero-order valence-corrected chi connectivity index (χ0v) is 17.0. The Kier molecular flexibility index (Phi) is 8.00. The second-order valence-corrected chi connectivity index (χ2v) is 7.93. The Hall–Kier alpha value is -2.18. The van der Waals surface area contributed by atoms with E-state index in [4.69, 9.17) is 9.15 Å². The van der Waals surface area contributed by atoms with Gasteiger partial charge in [-0.15, -0.1) is 0 Å². The second-order valence-electron chi connectivity index (χ2n) is 7.93. The summed E-state index contributed by atoms with van der Waals surface area (Å²) in [6.07, 6.45) is 5.99. The monoisotopic (exact) mass is 378 g/mol. The highest BCUT2D eigenvalue weighted by molar-refractivity contribution is 5.80. The van der Waals surface area contributed by atoms with Gasteiger partial charge in [0.15, 0.2) is 5.96 Å². The Labute approximate surface area is 162 Å². The number of alkyl carbamates (subject to hydrolysis) is 1. The fraction of sp³-hybridized carbons (Fsp3) is 0.700. The summed E-state index contributed by atoms with van der Waals surface area (Å²) in [6, 6.07) is 4.40. The van der Waals surface area contributed by atoms with Crippen LogP contribution in [0.3, 0.4) is 0 Å². The standard InChI is InChI=1S/C20H34N4O3/c1-5-21-18(22-13-12-17-7-6-14-26-17)23-15-8-10-16(11-9-15)24-19(25)27-20(2,3)4/h6-7,14-16H,5,8-13H2,1-4H3,(H,24,25)(H2,21,22,23). The van der Waals surface area contributed by atoms with Crippen LogP contribution in [0.2, 0.25) is 0 Å². The first-order chi connectivity index (χ1) is 12.9. The molecule has 3 N–H and O–H groups in total. The lowest BCUT2D eigenvalue weighted by Gasteiger charge is -2.31. The van der Waals surface area contributed by atoms with Gasteiger partial charge in [0.1, 0.15) is 11.4 Å². The van der Waals surface area contributed by atoms with Gasteiger partial charge in [-0.3, -0.25) is 4.99 Å². The van der Waals surface area contributed by atoms with Crippen molar-refractivity contribution >= 4 is 12.1 Å². The molecule has 0 unspecified atom stereocenters. The van der Waals surface area contributed by atoms with Crippen molar-refractivity contribution in [2.75, 3.05) is 13.1 Å². The SMILES string of the molecule is CCNC(=NCCc1ccco1)NC1CCC(NC(=O)OC(C)(C)C)CC1. The van der Waals surface area contributed by atoms with Crippen LogP contribution >= 0.6 is 0 Å². The number of amides is 1. The van der Waals surface area contributed by atoms with E-state index in [2.05, 4.69) is 27.9 Å². The molecule has 1 aliphatic rings. The van der Waals surface area contributed by atoms with E-state index in [0.29, 0.717) is 12.6 Å². The molecule has 1 fully saturated rings.